The predicted molar refractivity (Wildman–Crippen MR) is 103 cm³/mol. The average molecular weight is 358 g/mol. The van der Waals surface area contributed by atoms with E-state index in [0.29, 0.717) is 6.61 Å². The third-order valence-corrected chi connectivity index (χ3v) is 4.23. The lowest BCUT2D eigenvalue weighted by molar-refractivity contribution is 0.301. The van der Waals surface area contributed by atoms with Gasteiger partial charge in [-0.05, 0) is 48.5 Å². The maximum Gasteiger partial charge on any atom is 0.332 e. The van der Waals surface area contributed by atoms with Crippen LogP contribution in [0, 0.1) is 0 Å². The Bertz CT molecular complexity index is 1080. The van der Waals surface area contributed by atoms with E-state index in [-0.39, 0.29) is 5.69 Å². The van der Waals surface area contributed by atoms with Gasteiger partial charge in [-0.3, -0.25) is 14.5 Å². The predicted octanol–water partition coefficient (Wildman–Crippen LogP) is 3.21. The largest absolute Gasteiger partial charge is 0.487 e. The maximum absolute atomic E-state index is 12.6. The van der Waals surface area contributed by atoms with E-state index < -0.39 is 0 Å². The van der Waals surface area contributed by atoms with E-state index in [1.165, 1.54) is 0 Å². The number of pyridine rings is 2. The van der Waals surface area contributed by atoms with Gasteiger partial charge in [-0.15, -0.1) is 0 Å². The summed E-state index contributed by atoms with van der Waals surface area (Å²) in [5.41, 5.74) is 3.27. The van der Waals surface area contributed by atoms with Crippen LogP contribution in [0.3, 0.4) is 0 Å². The number of ether oxygens (including phenoxy) is 1. The van der Waals surface area contributed by atoms with Crippen molar-refractivity contribution >= 4 is 0 Å². The van der Waals surface area contributed by atoms with Crippen molar-refractivity contribution in [3.8, 4) is 22.7 Å². The lowest BCUT2D eigenvalue weighted by atomic mass is 10.2. The van der Waals surface area contributed by atoms with Crippen LogP contribution in [-0.2, 0) is 13.7 Å². The maximum atomic E-state index is 12.6. The summed E-state index contributed by atoms with van der Waals surface area (Å²) in [5, 5.41) is 0. The zero-order valence-electron chi connectivity index (χ0n) is 14.8. The number of aryl methyl sites for hydroxylation is 1. The quantitative estimate of drug-likeness (QED) is 0.550. The normalized spacial score (nSPS) is 10.7. The second kappa shape index (κ2) is 7.29. The van der Waals surface area contributed by atoms with Crippen LogP contribution in [-0.4, -0.2) is 19.1 Å². The van der Waals surface area contributed by atoms with Gasteiger partial charge in [0.15, 0.2) is 0 Å². The van der Waals surface area contributed by atoms with E-state index in [4.69, 9.17) is 4.74 Å². The van der Waals surface area contributed by atoms with Crippen LogP contribution >= 0.6 is 0 Å². The number of nitrogens with zero attached hydrogens (tertiary/aromatic N) is 4. The lowest BCUT2D eigenvalue weighted by Crippen LogP contribution is -2.21. The molecule has 0 bridgehead atoms. The first kappa shape index (κ1) is 16.8. The fraction of sp³-hybridized carbons (Fsp3) is 0.0952. The molecule has 0 aliphatic rings. The van der Waals surface area contributed by atoms with Gasteiger partial charge in [0.05, 0.1) is 17.1 Å². The fourth-order valence-corrected chi connectivity index (χ4v) is 2.87. The molecule has 0 atom stereocenters. The minimum absolute atomic E-state index is 0.107. The van der Waals surface area contributed by atoms with Crippen LogP contribution < -0.4 is 10.4 Å². The Labute approximate surface area is 156 Å². The fourth-order valence-electron chi connectivity index (χ4n) is 2.87. The molecular formula is C21H18N4O2. The Hall–Kier alpha value is -3.67. The molecule has 4 rings (SSSR count). The van der Waals surface area contributed by atoms with Crippen molar-refractivity contribution in [2.24, 2.45) is 7.05 Å². The lowest BCUT2D eigenvalue weighted by Gasteiger charge is -2.09. The van der Waals surface area contributed by atoms with Gasteiger partial charge in [-0.1, -0.05) is 6.07 Å². The summed E-state index contributed by atoms with van der Waals surface area (Å²) in [5.74, 6) is 0.721. The number of benzene rings is 1. The first-order valence-corrected chi connectivity index (χ1v) is 8.54. The van der Waals surface area contributed by atoms with Crippen molar-refractivity contribution in [3.05, 3.63) is 95.6 Å². The third-order valence-electron chi connectivity index (χ3n) is 4.23. The van der Waals surface area contributed by atoms with E-state index in [2.05, 4.69) is 9.97 Å². The summed E-state index contributed by atoms with van der Waals surface area (Å²) in [6, 6.07) is 16.9. The van der Waals surface area contributed by atoms with Crippen molar-refractivity contribution in [2.45, 2.75) is 6.61 Å². The molecule has 3 heterocycles. The van der Waals surface area contributed by atoms with Crippen LogP contribution in [0.1, 0.15) is 5.69 Å². The van der Waals surface area contributed by atoms with E-state index in [1.807, 2.05) is 60.8 Å². The number of hydrogen-bond acceptors (Lipinski definition) is 4. The minimum atomic E-state index is -0.107. The van der Waals surface area contributed by atoms with Crippen molar-refractivity contribution in [1.82, 2.24) is 19.1 Å². The van der Waals surface area contributed by atoms with Gasteiger partial charge in [0.2, 0.25) is 0 Å². The smallest absolute Gasteiger partial charge is 0.332 e. The van der Waals surface area contributed by atoms with Gasteiger partial charge in [0, 0.05) is 37.4 Å². The Balaban J connectivity index is 1.62. The average Bonchev–Trinajstić information content (AvgIpc) is 3.03. The molecule has 6 heteroatoms. The monoisotopic (exact) mass is 358 g/mol. The highest BCUT2D eigenvalue weighted by atomic mass is 16.5. The van der Waals surface area contributed by atoms with E-state index in [1.54, 1.807) is 34.8 Å². The van der Waals surface area contributed by atoms with Crippen molar-refractivity contribution in [2.75, 3.05) is 0 Å². The molecule has 0 radical (unpaired) electrons. The molecule has 27 heavy (non-hydrogen) atoms. The van der Waals surface area contributed by atoms with Gasteiger partial charge in [0.1, 0.15) is 12.4 Å². The highest BCUT2D eigenvalue weighted by molar-refractivity contribution is 5.61. The highest BCUT2D eigenvalue weighted by Gasteiger charge is 2.13. The van der Waals surface area contributed by atoms with Gasteiger partial charge >= 0.3 is 5.69 Å². The van der Waals surface area contributed by atoms with Crippen LogP contribution in [0.5, 0.6) is 5.75 Å². The summed E-state index contributed by atoms with van der Waals surface area (Å²) in [7, 11) is 1.74. The Morgan fingerprint density at radius 2 is 1.74 bits per heavy atom. The van der Waals surface area contributed by atoms with Gasteiger partial charge in [0.25, 0.3) is 0 Å². The summed E-state index contributed by atoms with van der Waals surface area (Å²) < 4.78 is 9.02. The zero-order chi connectivity index (χ0) is 18.6. The van der Waals surface area contributed by atoms with E-state index >= 15 is 0 Å². The van der Waals surface area contributed by atoms with Crippen LogP contribution in [0.4, 0.5) is 0 Å². The molecule has 0 fully saturated rings. The first-order chi connectivity index (χ1) is 13.2. The van der Waals surface area contributed by atoms with Gasteiger partial charge in [-0.2, -0.15) is 0 Å². The molecule has 0 saturated heterocycles. The molecule has 134 valence electrons. The van der Waals surface area contributed by atoms with Crippen molar-refractivity contribution < 1.29 is 4.74 Å². The zero-order valence-corrected chi connectivity index (χ0v) is 14.8. The van der Waals surface area contributed by atoms with Gasteiger partial charge < -0.3 is 9.30 Å². The molecule has 1 aromatic carbocycles. The van der Waals surface area contributed by atoms with Crippen LogP contribution in [0.25, 0.3) is 16.9 Å². The molecule has 3 aromatic heterocycles. The Morgan fingerprint density at radius 1 is 0.963 bits per heavy atom. The Morgan fingerprint density at radius 3 is 2.44 bits per heavy atom. The molecule has 4 aromatic rings. The summed E-state index contributed by atoms with van der Waals surface area (Å²) in [6.07, 6.45) is 6.99. The van der Waals surface area contributed by atoms with E-state index in [0.717, 1.165) is 28.4 Å². The van der Waals surface area contributed by atoms with Crippen LogP contribution in [0.2, 0.25) is 0 Å². The first-order valence-electron chi connectivity index (χ1n) is 8.54. The summed E-state index contributed by atoms with van der Waals surface area (Å²) >= 11 is 0. The second-order valence-electron chi connectivity index (χ2n) is 6.08. The van der Waals surface area contributed by atoms with E-state index in [9.17, 15) is 4.79 Å². The summed E-state index contributed by atoms with van der Waals surface area (Å²) in [4.78, 5) is 20.9. The Kier molecular flexibility index (Phi) is 4.53. The molecule has 0 saturated carbocycles. The third kappa shape index (κ3) is 3.50. The molecule has 0 aliphatic carbocycles. The highest BCUT2D eigenvalue weighted by Crippen LogP contribution is 2.22. The molecule has 0 spiro atoms. The van der Waals surface area contributed by atoms with Gasteiger partial charge in [-0.25, -0.2) is 4.79 Å². The SMILES string of the molecule is Cn1cc(-c2ccncc2)n(-c2ccc(OCc3ccccn3)cc2)c1=O. The number of imidazole rings is 1. The standard InChI is InChI=1S/C21H18N4O2/c1-24-14-20(16-9-12-22-13-10-16)25(21(24)26)18-5-7-19(8-6-18)27-15-17-4-2-3-11-23-17/h2-14H,15H2,1H3. The molecule has 0 amide bonds. The second-order valence-corrected chi connectivity index (χ2v) is 6.08. The van der Waals surface area contributed by atoms with Crippen molar-refractivity contribution in [3.63, 3.8) is 0 Å². The number of hydrogen-bond donors (Lipinski definition) is 0. The molecule has 0 unspecified atom stereocenters. The van der Waals surface area contributed by atoms with Crippen molar-refractivity contribution in [1.29, 1.82) is 0 Å². The topological polar surface area (TPSA) is 61.9 Å². The molecular weight excluding hydrogens is 340 g/mol. The minimum Gasteiger partial charge on any atom is -0.487 e. The molecule has 0 N–H and O–H groups in total. The molecule has 6 nitrogen and oxygen atoms in total. The number of rotatable bonds is 5. The molecule has 0 aliphatic heterocycles. The number of aromatic nitrogens is 4. The van der Waals surface area contributed by atoms with Crippen LogP contribution in [0.15, 0.2) is 84.2 Å². The summed E-state index contributed by atoms with van der Waals surface area (Å²) in [6.45, 7) is 0.397.